The van der Waals surface area contributed by atoms with Gasteiger partial charge in [0.25, 0.3) is 0 Å². The Balaban J connectivity index is 1.63. The molecule has 1 atom stereocenters. The van der Waals surface area contributed by atoms with E-state index in [1.165, 1.54) is 30.7 Å². The standard InChI is InChI=1S/C20H20N2O6S/c23-19(21-11-10-15-6-4-12-27-15)20(24)22-14-18(17-9-5-13-28-17)29(25,26)16-7-2-1-3-8-16/h1-9,12-13,18H,10-11,14H2,(H,21,23)(H,22,24)/t18-/m0/s1. The van der Waals surface area contributed by atoms with Crippen LogP contribution in [-0.2, 0) is 25.8 Å². The van der Waals surface area contributed by atoms with Crippen LogP contribution in [0.4, 0.5) is 0 Å². The molecule has 29 heavy (non-hydrogen) atoms. The maximum atomic E-state index is 13.0. The van der Waals surface area contributed by atoms with Crippen LogP contribution in [0.3, 0.4) is 0 Å². The van der Waals surface area contributed by atoms with Gasteiger partial charge in [-0.3, -0.25) is 9.59 Å². The first-order valence-electron chi connectivity index (χ1n) is 8.89. The number of amides is 2. The minimum Gasteiger partial charge on any atom is -0.469 e. The summed E-state index contributed by atoms with van der Waals surface area (Å²) in [4.78, 5) is 24.2. The summed E-state index contributed by atoms with van der Waals surface area (Å²) in [7, 11) is -3.84. The van der Waals surface area contributed by atoms with Gasteiger partial charge >= 0.3 is 11.8 Å². The van der Waals surface area contributed by atoms with Crippen molar-refractivity contribution in [3.63, 3.8) is 0 Å². The topological polar surface area (TPSA) is 119 Å². The van der Waals surface area contributed by atoms with Gasteiger partial charge in [0, 0.05) is 19.5 Å². The molecule has 0 aliphatic carbocycles. The number of sulfone groups is 1. The number of hydrogen-bond acceptors (Lipinski definition) is 6. The summed E-state index contributed by atoms with van der Waals surface area (Å²) < 4.78 is 36.4. The Labute approximate surface area is 167 Å². The van der Waals surface area contributed by atoms with Crippen molar-refractivity contribution in [1.29, 1.82) is 0 Å². The fourth-order valence-corrected chi connectivity index (χ4v) is 4.32. The maximum Gasteiger partial charge on any atom is 0.309 e. The third-order valence-electron chi connectivity index (χ3n) is 4.20. The van der Waals surface area contributed by atoms with E-state index in [1.54, 1.807) is 36.4 Å². The Morgan fingerprint density at radius 1 is 0.862 bits per heavy atom. The number of rotatable bonds is 8. The van der Waals surface area contributed by atoms with Crippen LogP contribution in [0.1, 0.15) is 16.8 Å². The normalized spacial score (nSPS) is 12.3. The second kappa shape index (κ2) is 9.24. The molecule has 2 aromatic heterocycles. The van der Waals surface area contributed by atoms with Crippen LogP contribution in [0.2, 0.25) is 0 Å². The average molecular weight is 416 g/mol. The molecule has 0 bridgehead atoms. The van der Waals surface area contributed by atoms with Crippen molar-refractivity contribution in [2.24, 2.45) is 0 Å². The minimum absolute atomic E-state index is 0.0959. The molecule has 3 rings (SSSR count). The smallest absolute Gasteiger partial charge is 0.309 e. The number of hydrogen-bond donors (Lipinski definition) is 2. The van der Waals surface area contributed by atoms with Crippen LogP contribution in [0, 0.1) is 0 Å². The molecule has 8 nitrogen and oxygen atoms in total. The third kappa shape index (κ3) is 5.14. The number of nitrogens with one attached hydrogen (secondary N) is 2. The molecule has 1 aromatic carbocycles. The van der Waals surface area contributed by atoms with Gasteiger partial charge in [-0.15, -0.1) is 0 Å². The van der Waals surface area contributed by atoms with Gasteiger partial charge in [0.1, 0.15) is 16.8 Å². The lowest BCUT2D eigenvalue weighted by atomic mass is 10.3. The molecule has 152 valence electrons. The molecule has 0 radical (unpaired) electrons. The summed E-state index contributed by atoms with van der Waals surface area (Å²) in [5, 5.41) is 3.68. The molecule has 0 spiro atoms. The molecule has 9 heteroatoms. The molecule has 2 N–H and O–H groups in total. The summed E-state index contributed by atoms with van der Waals surface area (Å²) in [5.74, 6) is -0.930. The Kier molecular flexibility index (Phi) is 6.50. The van der Waals surface area contributed by atoms with Gasteiger partial charge in [-0.2, -0.15) is 0 Å². The lowest BCUT2D eigenvalue weighted by Gasteiger charge is -2.16. The zero-order valence-corrected chi connectivity index (χ0v) is 16.2. The number of carbonyl (C=O) groups is 2. The van der Waals surface area contributed by atoms with Crippen LogP contribution >= 0.6 is 0 Å². The minimum atomic E-state index is -3.84. The van der Waals surface area contributed by atoms with Crippen molar-refractivity contribution < 1.29 is 26.8 Å². The summed E-state index contributed by atoms with van der Waals surface area (Å²) in [6, 6.07) is 14.4. The lowest BCUT2D eigenvalue weighted by molar-refractivity contribution is -0.139. The van der Waals surface area contributed by atoms with Crippen LogP contribution in [0.15, 0.2) is 80.9 Å². The SMILES string of the molecule is O=C(NCCc1ccco1)C(=O)NC[C@@H](c1ccco1)S(=O)(=O)c1ccccc1. The van der Waals surface area contributed by atoms with Gasteiger partial charge in [-0.25, -0.2) is 8.42 Å². The quantitative estimate of drug-likeness (QED) is 0.541. The Bertz CT molecular complexity index is 1030. The predicted molar refractivity (Wildman–Crippen MR) is 104 cm³/mol. The largest absolute Gasteiger partial charge is 0.469 e. The molecular weight excluding hydrogens is 396 g/mol. The third-order valence-corrected chi connectivity index (χ3v) is 6.28. The number of carbonyl (C=O) groups excluding carboxylic acids is 2. The monoisotopic (exact) mass is 416 g/mol. The van der Waals surface area contributed by atoms with Gasteiger partial charge in [0.05, 0.1) is 17.4 Å². The van der Waals surface area contributed by atoms with Crippen molar-refractivity contribution >= 4 is 21.7 Å². The zero-order valence-electron chi connectivity index (χ0n) is 15.4. The van der Waals surface area contributed by atoms with Crippen LogP contribution in [-0.4, -0.2) is 33.3 Å². The van der Waals surface area contributed by atoms with Crippen LogP contribution < -0.4 is 10.6 Å². The lowest BCUT2D eigenvalue weighted by Crippen LogP contribution is -2.42. The second-order valence-electron chi connectivity index (χ2n) is 6.16. The fraction of sp³-hybridized carbons (Fsp3) is 0.200. The van der Waals surface area contributed by atoms with E-state index in [0.29, 0.717) is 12.2 Å². The summed E-state index contributed by atoms with van der Waals surface area (Å²) in [6.07, 6.45) is 3.31. The van der Waals surface area contributed by atoms with Crippen LogP contribution in [0.25, 0.3) is 0 Å². The highest BCUT2D eigenvalue weighted by Gasteiger charge is 2.32. The van der Waals surface area contributed by atoms with Gasteiger partial charge in [0.15, 0.2) is 9.84 Å². The molecule has 0 saturated heterocycles. The van der Waals surface area contributed by atoms with Crippen molar-refractivity contribution in [1.82, 2.24) is 10.6 Å². The highest BCUT2D eigenvalue weighted by atomic mass is 32.2. The first-order chi connectivity index (χ1) is 14.0. The van der Waals surface area contributed by atoms with E-state index >= 15 is 0 Å². The predicted octanol–water partition coefficient (Wildman–Crippen LogP) is 1.86. The average Bonchev–Trinajstić information content (AvgIpc) is 3.43. The molecular formula is C20H20N2O6S. The van der Waals surface area contributed by atoms with Crippen molar-refractivity contribution in [2.75, 3.05) is 13.1 Å². The molecule has 2 heterocycles. The van der Waals surface area contributed by atoms with Gasteiger partial charge in [0.2, 0.25) is 0 Å². The van der Waals surface area contributed by atoms with E-state index in [1.807, 2.05) is 0 Å². The van der Waals surface area contributed by atoms with E-state index < -0.39 is 26.9 Å². The fourth-order valence-electron chi connectivity index (χ4n) is 2.71. The van der Waals surface area contributed by atoms with Gasteiger partial charge < -0.3 is 19.5 Å². The van der Waals surface area contributed by atoms with E-state index in [0.717, 1.165) is 0 Å². The first-order valence-corrected chi connectivity index (χ1v) is 10.4. The molecule has 0 aliphatic heterocycles. The van der Waals surface area contributed by atoms with E-state index in [9.17, 15) is 18.0 Å². The highest BCUT2D eigenvalue weighted by Crippen LogP contribution is 2.28. The molecule has 2 amide bonds. The van der Waals surface area contributed by atoms with Crippen molar-refractivity contribution in [2.45, 2.75) is 16.6 Å². The number of benzene rings is 1. The molecule has 3 aromatic rings. The van der Waals surface area contributed by atoms with E-state index in [-0.39, 0.29) is 23.7 Å². The Morgan fingerprint density at radius 3 is 2.21 bits per heavy atom. The van der Waals surface area contributed by atoms with E-state index in [4.69, 9.17) is 8.83 Å². The zero-order chi connectivity index (χ0) is 20.7. The van der Waals surface area contributed by atoms with Crippen LogP contribution in [0.5, 0.6) is 0 Å². The second-order valence-corrected chi connectivity index (χ2v) is 8.29. The van der Waals surface area contributed by atoms with E-state index in [2.05, 4.69) is 10.6 Å². The molecule has 0 fully saturated rings. The Morgan fingerprint density at radius 2 is 1.55 bits per heavy atom. The maximum absolute atomic E-state index is 13.0. The molecule has 0 saturated carbocycles. The molecule has 0 unspecified atom stereocenters. The number of furan rings is 2. The summed E-state index contributed by atoms with van der Waals surface area (Å²) >= 11 is 0. The highest BCUT2D eigenvalue weighted by molar-refractivity contribution is 7.91. The Hall–Kier alpha value is -3.33. The van der Waals surface area contributed by atoms with Gasteiger partial charge in [-0.1, -0.05) is 18.2 Å². The van der Waals surface area contributed by atoms with Crippen molar-refractivity contribution in [3.8, 4) is 0 Å². The summed E-state index contributed by atoms with van der Waals surface area (Å²) in [6.45, 7) is -0.0983. The summed E-state index contributed by atoms with van der Waals surface area (Å²) in [5.41, 5.74) is 0. The van der Waals surface area contributed by atoms with Crippen molar-refractivity contribution in [3.05, 3.63) is 78.6 Å². The molecule has 0 aliphatic rings. The van der Waals surface area contributed by atoms with Gasteiger partial charge in [-0.05, 0) is 36.4 Å². The first kappa shape index (κ1) is 20.4.